The minimum atomic E-state index is -0.160. The van der Waals surface area contributed by atoms with Crippen LogP contribution in [-0.2, 0) is 14.3 Å². The maximum atomic E-state index is 11.5. The molecule has 1 amide bonds. The molecule has 0 spiro atoms. The number of ether oxygens (including phenoxy) is 1. The van der Waals surface area contributed by atoms with Gasteiger partial charge in [-0.15, -0.1) is 0 Å². The molecule has 16 heavy (non-hydrogen) atoms. The Hall–Kier alpha value is -1.10. The number of carbonyl (C=O) groups excluding carboxylic acids is 2. The lowest BCUT2D eigenvalue weighted by Gasteiger charge is -2.31. The molecule has 0 aromatic rings. The minimum absolute atomic E-state index is 0.124. The molecule has 2 N–H and O–H groups in total. The fourth-order valence-corrected chi connectivity index (χ4v) is 1.99. The van der Waals surface area contributed by atoms with Crippen molar-refractivity contribution in [1.82, 2.24) is 4.90 Å². The molecule has 1 heterocycles. The fraction of sp³-hybridized carbons (Fsp3) is 0.818. The van der Waals surface area contributed by atoms with Crippen LogP contribution in [0.2, 0.25) is 0 Å². The predicted octanol–water partition coefficient (Wildman–Crippen LogP) is 0.137. The average Bonchev–Trinajstić information content (AvgIpc) is 2.30. The van der Waals surface area contributed by atoms with E-state index in [-0.39, 0.29) is 11.9 Å². The summed E-state index contributed by atoms with van der Waals surface area (Å²) in [5.74, 6) is 0.320. The molecule has 0 saturated carbocycles. The highest BCUT2D eigenvalue weighted by molar-refractivity contribution is 5.76. The third-order valence-electron chi connectivity index (χ3n) is 3.01. The number of carbonyl (C=O) groups is 2. The summed E-state index contributed by atoms with van der Waals surface area (Å²) in [6, 6.07) is 0. The van der Waals surface area contributed by atoms with E-state index in [1.807, 2.05) is 4.90 Å². The zero-order valence-corrected chi connectivity index (χ0v) is 9.78. The molecule has 5 nitrogen and oxygen atoms in total. The van der Waals surface area contributed by atoms with Gasteiger partial charge in [0.25, 0.3) is 0 Å². The summed E-state index contributed by atoms with van der Waals surface area (Å²) in [6.45, 7) is 1.88. The number of hydrogen-bond acceptors (Lipinski definition) is 4. The van der Waals surface area contributed by atoms with Crippen molar-refractivity contribution in [3.8, 4) is 0 Å². The Morgan fingerprint density at radius 2 is 2.00 bits per heavy atom. The van der Waals surface area contributed by atoms with Crippen LogP contribution in [0.4, 0.5) is 0 Å². The number of esters is 1. The van der Waals surface area contributed by atoms with Crippen molar-refractivity contribution in [1.29, 1.82) is 0 Å². The van der Waals surface area contributed by atoms with Crippen LogP contribution in [0.15, 0.2) is 0 Å². The molecule has 0 aliphatic carbocycles. The normalized spacial score (nSPS) is 17.2. The van der Waals surface area contributed by atoms with E-state index in [4.69, 9.17) is 5.73 Å². The zero-order chi connectivity index (χ0) is 12.0. The Bertz CT molecular complexity index is 248. The lowest BCUT2D eigenvalue weighted by atomic mass is 9.93. The molecular weight excluding hydrogens is 208 g/mol. The molecule has 92 valence electrons. The average molecular weight is 228 g/mol. The molecule has 1 rings (SSSR count). The number of likely N-dealkylation sites (tertiary alicyclic amines) is 1. The third-order valence-corrected chi connectivity index (χ3v) is 3.01. The van der Waals surface area contributed by atoms with Gasteiger partial charge in [0.05, 0.1) is 7.11 Å². The number of nitrogens with zero attached hydrogens (tertiary/aromatic N) is 1. The second kappa shape index (κ2) is 6.48. The second-order valence-electron chi connectivity index (χ2n) is 4.14. The van der Waals surface area contributed by atoms with Gasteiger partial charge >= 0.3 is 5.97 Å². The van der Waals surface area contributed by atoms with Gasteiger partial charge in [-0.2, -0.15) is 0 Å². The van der Waals surface area contributed by atoms with E-state index in [9.17, 15) is 9.59 Å². The lowest BCUT2D eigenvalue weighted by molar-refractivity contribution is -0.142. The quantitative estimate of drug-likeness (QED) is 0.694. The highest BCUT2D eigenvalue weighted by Gasteiger charge is 2.23. The van der Waals surface area contributed by atoms with E-state index in [2.05, 4.69) is 4.74 Å². The standard InChI is InChI=1S/C11H20N2O3/c1-16-11(15)8-9-3-6-13(7-4-9)10(14)2-5-12/h9H,2-8,12H2,1H3. The fourth-order valence-electron chi connectivity index (χ4n) is 1.99. The van der Waals surface area contributed by atoms with Crippen LogP contribution in [0.5, 0.6) is 0 Å². The van der Waals surface area contributed by atoms with Crippen LogP contribution < -0.4 is 5.73 Å². The number of nitrogens with two attached hydrogens (primary N) is 1. The van der Waals surface area contributed by atoms with Gasteiger partial charge in [0.15, 0.2) is 0 Å². The van der Waals surface area contributed by atoms with E-state index in [0.717, 1.165) is 25.9 Å². The highest BCUT2D eigenvalue weighted by Crippen LogP contribution is 2.21. The smallest absolute Gasteiger partial charge is 0.305 e. The maximum absolute atomic E-state index is 11.5. The second-order valence-corrected chi connectivity index (χ2v) is 4.14. The Morgan fingerprint density at radius 3 is 2.50 bits per heavy atom. The summed E-state index contributed by atoms with van der Waals surface area (Å²) in [7, 11) is 1.40. The van der Waals surface area contributed by atoms with Crippen LogP contribution >= 0.6 is 0 Å². The van der Waals surface area contributed by atoms with Crippen molar-refractivity contribution in [3.05, 3.63) is 0 Å². The molecule has 1 fully saturated rings. The lowest BCUT2D eigenvalue weighted by Crippen LogP contribution is -2.39. The van der Waals surface area contributed by atoms with Crippen LogP contribution in [0, 0.1) is 5.92 Å². The van der Waals surface area contributed by atoms with Crippen molar-refractivity contribution < 1.29 is 14.3 Å². The summed E-state index contributed by atoms with van der Waals surface area (Å²) < 4.78 is 4.63. The summed E-state index contributed by atoms with van der Waals surface area (Å²) in [6.07, 6.45) is 2.65. The Labute approximate surface area is 95.9 Å². The molecule has 1 aliphatic rings. The molecule has 0 aromatic heterocycles. The molecular formula is C11H20N2O3. The first-order chi connectivity index (χ1) is 7.67. The van der Waals surface area contributed by atoms with Crippen LogP contribution in [0.3, 0.4) is 0 Å². The van der Waals surface area contributed by atoms with Gasteiger partial charge in [0.1, 0.15) is 0 Å². The first-order valence-electron chi connectivity index (χ1n) is 5.72. The molecule has 0 radical (unpaired) electrons. The number of rotatable bonds is 4. The summed E-state index contributed by atoms with van der Waals surface area (Å²) in [5, 5.41) is 0. The van der Waals surface area contributed by atoms with Gasteiger partial charge in [0, 0.05) is 32.5 Å². The van der Waals surface area contributed by atoms with Crippen molar-refractivity contribution in [2.45, 2.75) is 25.7 Å². The first-order valence-corrected chi connectivity index (χ1v) is 5.72. The van der Waals surface area contributed by atoms with Gasteiger partial charge in [-0.25, -0.2) is 0 Å². The number of methoxy groups -OCH3 is 1. The maximum Gasteiger partial charge on any atom is 0.305 e. The summed E-state index contributed by atoms with van der Waals surface area (Å²) >= 11 is 0. The van der Waals surface area contributed by atoms with Gasteiger partial charge in [0.2, 0.25) is 5.91 Å². The minimum Gasteiger partial charge on any atom is -0.469 e. The molecule has 0 unspecified atom stereocenters. The number of amides is 1. The van der Waals surface area contributed by atoms with E-state index >= 15 is 0 Å². The molecule has 0 atom stereocenters. The van der Waals surface area contributed by atoms with Crippen molar-refractivity contribution in [2.75, 3.05) is 26.7 Å². The molecule has 0 bridgehead atoms. The molecule has 5 heteroatoms. The molecule has 1 aliphatic heterocycles. The van der Waals surface area contributed by atoms with Gasteiger partial charge < -0.3 is 15.4 Å². The van der Waals surface area contributed by atoms with Crippen LogP contribution in [0.25, 0.3) is 0 Å². The summed E-state index contributed by atoms with van der Waals surface area (Å²) in [4.78, 5) is 24.5. The molecule has 1 saturated heterocycles. The third kappa shape index (κ3) is 3.81. The Balaban J connectivity index is 2.28. The van der Waals surface area contributed by atoms with Gasteiger partial charge in [-0.05, 0) is 18.8 Å². The predicted molar refractivity (Wildman–Crippen MR) is 59.6 cm³/mol. The largest absolute Gasteiger partial charge is 0.469 e. The zero-order valence-electron chi connectivity index (χ0n) is 9.78. The van der Waals surface area contributed by atoms with E-state index in [1.54, 1.807) is 0 Å². The van der Waals surface area contributed by atoms with E-state index < -0.39 is 0 Å². The Kier molecular flexibility index (Phi) is 5.25. The van der Waals surface area contributed by atoms with E-state index in [0.29, 0.717) is 25.3 Å². The number of piperidine rings is 1. The summed E-state index contributed by atoms with van der Waals surface area (Å²) in [5.41, 5.74) is 5.34. The first kappa shape index (κ1) is 13.0. The van der Waals surface area contributed by atoms with Gasteiger partial charge in [-0.3, -0.25) is 9.59 Å². The van der Waals surface area contributed by atoms with Crippen LogP contribution in [-0.4, -0.2) is 43.5 Å². The molecule has 0 aromatic carbocycles. The van der Waals surface area contributed by atoms with Crippen molar-refractivity contribution in [3.63, 3.8) is 0 Å². The highest BCUT2D eigenvalue weighted by atomic mass is 16.5. The van der Waals surface area contributed by atoms with Crippen molar-refractivity contribution in [2.24, 2.45) is 11.7 Å². The number of hydrogen-bond donors (Lipinski definition) is 1. The van der Waals surface area contributed by atoms with Gasteiger partial charge in [-0.1, -0.05) is 0 Å². The Morgan fingerprint density at radius 1 is 1.38 bits per heavy atom. The SMILES string of the molecule is COC(=O)CC1CCN(C(=O)CCN)CC1. The topological polar surface area (TPSA) is 72.6 Å². The monoisotopic (exact) mass is 228 g/mol. The van der Waals surface area contributed by atoms with Crippen molar-refractivity contribution >= 4 is 11.9 Å². The van der Waals surface area contributed by atoms with Crippen LogP contribution in [0.1, 0.15) is 25.7 Å². The van der Waals surface area contributed by atoms with E-state index in [1.165, 1.54) is 7.11 Å².